The Bertz CT molecular complexity index is 4460. The van der Waals surface area contributed by atoms with Crippen molar-refractivity contribution >= 4 is 98.4 Å². The maximum absolute atomic E-state index is 6.42. The van der Waals surface area contributed by atoms with Gasteiger partial charge in [0.2, 0.25) is 0 Å². The summed E-state index contributed by atoms with van der Waals surface area (Å²) in [4.78, 5) is 16.3. The van der Waals surface area contributed by atoms with Crippen LogP contribution in [0.2, 0.25) is 0 Å². The van der Waals surface area contributed by atoms with Crippen LogP contribution in [0.5, 0.6) is 0 Å². The lowest BCUT2D eigenvalue weighted by Crippen LogP contribution is -2.02. The van der Waals surface area contributed by atoms with E-state index in [9.17, 15) is 0 Å². The summed E-state index contributed by atoms with van der Waals surface area (Å²) in [5.41, 5.74) is 12.6. The second kappa shape index (κ2) is 14.1. The van der Waals surface area contributed by atoms with Crippen LogP contribution in [0.4, 0.5) is 0 Å². The lowest BCUT2D eigenvalue weighted by Gasteiger charge is -2.16. The minimum Gasteiger partial charge on any atom is -0.456 e. The molecular weight excluding hydrogens is 837 g/mol. The standard InChI is InChI=1S/C61H34N4O3/c1-2-14-36-33-50-47(31-35(36)13-1)39-15-3-7-21-49(39)65(50)38-28-29-41(46(34-38)37-27-30-54-48(32-37)40-16-4-8-22-51(40)66-54)59-62-60(44-19-11-25-55-57(44)42-17-5-9-23-52(42)67-55)64-61(63-59)45-20-12-26-56-58(45)43-18-6-10-24-53(43)68-56/h1-34H. The second-order valence-corrected chi connectivity index (χ2v) is 17.5. The van der Waals surface area contributed by atoms with Crippen LogP contribution in [0.25, 0.3) is 149 Å². The van der Waals surface area contributed by atoms with Gasteiger partial charge >= 0.3 is 0 Å². The topological polar surface area (TPSA) is 83.0 Å². The van der Waals surface area contributed by atoms with Crippen LogP contribution in [-0.4, -0.2) is 19.5 Å². The molecule has 7 heteroatoms. The molecule has 0 saturated heterocycles. The molecule has 0 fully saturated rings. The van der Waals surface area contributed by atoms with Crippen LogP contribution in [0.1, 0.15) is 0 Å². The number of nitrogens with zero attached hydrogens (tertiary/aromatic N) is 4. The van der Waals surface area contributed by atoms with E-state index in [2.05, 4.69) is 138 Å². The van der Waals surface area contributed by atoms with E-state index in [4.69, 9.17) is 28.2 Å². The van der Waals surface area contributed by atoms with Crippen molar-refractivity contribution in [3.63, 3.8) is 0 Å². The lowest BCUT2D eigenvalue weighted by molar-refractivity contribution is 0.668. The molecule has 0 saturated carbocycles. The third-order valence-corrected chi connectivity index (χ3v) is 13.7. The molecule has 68 heavy (non-hydrogen) atoms. The fraction of sp³-hybridized carbons (Fsp3) is 0. The quantitative estimate of drug-likeness (QED) is 0.171. The van der Waals surface area contributed by atoms with Gasteiger partial charge < -0.3 is 17.8 Å². The number of hydrogen-bond acceptors (Lipinski definition) is 6. The average molecular weight is 871 g/mol. The number of furan rings is 3. The zero-order valence-electron chi connectivity index (χ0n) is 36.1. The molecule has 0 spiro atoms. The van der Waals surface area contributed by atoms with Crippen LogP contribution < -0.4 is 0 Å². The molecule has 0 aliphatic rings. The van der Waals surface area contributed by atoms with Gasteiger partial charge in [0.15, 0.2) is 17.5 Å². The van der Waals surface area contributed by atoms with Gasteiger partial charge in [-0.3, -0.25) is 0 Å². The van der Waals surface area contributed by atoms with Gasteiger partial charge in [0.1, 0.15) is 33.5 Å². The molecule has 5 heterocycles. The highest BCUT2D eigenvalue weighted by atomic mass is 16.3. The van der Waals surface area contributed by atoms with Gasteiger partial charge in [-0.05, 0) is 101 Å². The molecule has 5 aromatic heterocycles. The summed E-state index contributed by atoms with van der Waals surface area (Å²) in [5, 5.41) is 10.8. The Morgan fingerprint density at radius 3 is 1.49 bits per heavy atom. The minimum atomic E-state index is 0.534. The van der Waals surface area contributed by atoms with Gasteiger partial charge in [-0.1, -0.05) is 127 Å². The van der Waals surface area contributed by atoms with E-state index < -0.39 is 0 Å². The maximum Gasteiger partial charge on any atom is 0.164 e. The van der Waals surface area contributed by atoms with Gasteiger partial charge in [-0.15, -0.1) is 0 Å². The number of hydrogen-bond donors (Lipinski definition) is 0. The van der Waals surface area contributed by atoms with Gasteiger partial charge in [-0.2, -0.15) is 0 Å². The number of aromatic nitrogens is 4. The zero-order valence-corrected chi connectivity index (χ0v) is 36.1. The van der Waals surface area contributed by atoms with Crippen molar-refractivity contribution in [3.05, 3.63) is 206 Å². The molecule has 0 bridgehead atoms. The first-order valence-electron chi connectivity index (χ1n) is 22.7. The smallest absolute Gasteiger partial charge is 0.164 e. The molecule has 0 amide bonds. The van der Waals surface area contributed by atoms with Crippen LogP contribution in [0, 0.1) is 0 Å². The molecule has 15 aromatic rings. The highest BCUT2D eigenvalue weighted by molar-refractivity contribution is 6.15. The highest BCUT2D eigenvalue weighted by Gasteiger charge is 2.23. The molecule has 15 rings (SSSR count). The Labute approximate surface area is 386 Å². The Morgan fingerprint density at radius 1 is 0.294 bits per heavy atom. The largest absolute Gasteiger partial charge is 0.456 e. The normalized spacial score (nSPS) is 12.1. The van der Waals surface area contributed by atoms with E-state index in [-0.39, 0.29) is 0 Å². The third-order valence-electron chi connectivity index (χ3n) is 13.7. The maximum atomic E-state index is 6.42. The summed E-state index contributed by atoms with van der Waals surface area (Å²) in [6.07, 6.45) is 0. The van der Waals surface area contributed by atoms with E-state index in [1.165, 1.54) is 21.5 Å². The van der Waals surface area contributed by atoms with Crippen molar-refractivity contribution in [2.45, 2.75) is 0 Å². The van der Waals surface area contributed by atoms with Gasteiger partial charge in [-0.25, -0.2) is 15.0 Å². The van der Waals surface area contributed by atoms with Crippen molar-refractivity contribution in [1.82, 2.24) is 19.5 Å². The molecule has 0 aliphatic heterocycles. The first-order chi connectivity index (χ1) is 33.7. The molecular formula is C61H34N4O3. The van der Waals surface area contributed by atoms with Crippen molar-refractivity contribution in [3.8, 4) is 51.0 Å². The Hall–Kier alpha value is -9.33. The predicted molar refractivity (Wildman–Crippen MR) is 275 cm³/mol. The Kier molecular flexibility index (Phi) is 7.65. The number of fused-ring (bicyclic) bond motifs is 13. The number of benzene rings is 10. The summed E-state index contributed by atoms with van der Waals surface area (Å²) < 4.78 is 21.6. The minimum absolute atomic E-state index is 0.534. The predicted octanol–water partition coefficient (Wildman–Crippen LogP) is 16.5. The first kappa shape index (κ1) is 36.9. The van der Waals surface area contributed by atoms with E-state index in [1.807, 2.05) is 72.8 Å². The van der Waals surface area contributed by atoms with Crippen molar-refractivity contribution in [2.75, 3.05) is 0 Å². The first-order valence-corrected chi connectivity index (χ1v) is 22.7. The van der Waals surface area contributed by atoms with Gasteiger partial charge in [0, 0.05) is 65.5 Å². The monoisotopic (exact) mass is 870 g/mol. The van der Waals surface area contributed by atoms with E-state index >= 15 is 0 Å². The summed E-state index contributed by atoms with van der Waals surface area (Å²) in [7, 11) is 0. The van der Waals surface area contributed by atoms with Gasteiger partial charge in [0.25, 0.3) is 0 Å². The van der Waals surface area contributed by atoms with Crippen molar-refractivity contribution in [2.24, 2.45) is 0 Å². The van der Waals surface area contributed by atoms with Crippen LogP contribution in [0.3, 0.4) is 0 Å². The third kappa shape index (κ3) is 5.44. The number of rotatable bonds is 5. The van der Waals surface area contributed by atoms with E-state index in [1.54, 1.807) is 0 Å². The fourth-order valence-electron chi connectivity index (χ4n) is 10.6. The van der Waals surface area contributed by atoms with Crippen LogP contribution in [0.15, 0.2) is 220 Å². The Balaban J connectivity index is 1.04. The van der Waals surface area contributed by atoms with Crippen molar-refractivity contribution in [1.29, 1.82) is 0 Å². The molecule has 316 valence electrons. The summed E-state index contributed by atoms with van der Waals surface area (Å²) >= 11 is 0. The van der Waals surface area contributed by atoms with Gasteiger partial charge in [0.05, 0.1) is 11.0 Å². The molecule has 0 radical (unpaired) electrons. The molecule has 0 aliphatic carbocycles. The average Bonchev–Trinajstić information content (AvgIpc) is 4.16. The SMILES string of the molecule is c1ccc2cc3c(cc2c1)c1ccccc1n3-c1ccc(-c2nc(-c3cccc4oc5ccccc5c34)nc(-c3cccc4oc5ccccc5c34)n2)c(-c2ccc3oc4ccccc4c3c2)c1. The van der Waals surface area contributed by atoms with Crippen molar-refractivity contribution < 1.29 is 13.3 Å². The second-order valence-electron chi connectivity index (χ2n) is 17.5. The number of para-hydroxylation sites is 4. The zero-order chi connectivity index (χ0) is 44.5. The highest BCUT2D eigenvalue weighted by Crippen LogP contribution is 2.43. The molecule has 10 aromatic carbocycles. The fourth-order valence-corrected chi connectivity index (χ4v) is 10.6. The molecule has 7 nitrogen and oxygen atoms in total. The summed E-state index contributed by atoms with van der Waals surface area (Å²) in [6.45, 7) is 0. The molecule has 0 atom stereocenters. The summed E-state index contributed by atoms with van der Waals surface area (Å²) in [5.74, 6) is 1.60. The summed E-state index contributed by atoms with van der Waals surface area (Å²) in [6, 6.07) is 71.7. The van der Waals surface area contributed by atoms with E-state index in [0.717, 1.165) is 110 Å². The Morgan fingerprint density at radius 2 is 0.809 bits per heavy atom. The van der Waals surface area contributed by atoms with Crippen LogP contribution in [-0.2, 0) is 0 Å². The van der Waals surface area contributed by atoms with Crippen LogP contribution >= 0.6 is 0 Å². The lowest BCUT2D eigenvalue weighted by atomic mass is 9.96. The molecule has 0 N–H and O–H groups in total. The van der Waals surface area contributed by atoms with E-state index in [0.29, 0.717) is 17.5 Å². The molecule has 0 unspecified atom stereocenters.